The molecule has 2 aromatic carbocycles. The number of carbonyl (C=O) groups is 1. The molecule has 24 heavy (non-hydrogen) atoms. The summed E-state index contributed by atoms with van der Waals surface area (Å²) in [5.41, 5.74) is 1.90. The van der Waals surface area contributed by atoms with E-state index in [1.165, 1.54) is 0 Å². The molecule has 0 aliphatic heterocycles. The number of nitrogens with one attached hydrogen (secondary N) is 2. The van der Waals surface area contributed by atoms with Crippen LogP contribution in [-0.2, 0) is 11.3 Å². The quantitative estimate of drug-likeness (QED) is 0.647. The molecule has 0 unspecified atom stereocenters. The smallest absolute Gasteiger partial charge is 0.221 e. The van der Waals surface area contributed by atoms with E-state index in [1.54, 1.807) is 18.9 Å². The molecule has 5 nitrogen and oxygen atoms in total. The number of methoxy groups -OCH3 is 1. The fourth-order valence-electron chi connectivity index (χ4n) is 2.29. The van der Waals surface area contributed by atoms with Crippen LogP contribution >= 0.6 is 11.8 Å². The van der Waals surface area contributed by atoms with Crippen LogP contribution in [0.25, 0.3) is 11.0 Å². The third-order valence-corrected chi connectivity index (χ3v) is 4.56. The number of imidazole rings is 1. The fourth-order valence-corrected chi connectivity index (χ4v) is 3.15. The number of nitrogens with zero attached hydrogens (tertiary/aromatic N) is 1. The van der Waals surface area contributed by atoms with E-state index >= 15 is 0 Å². The second-order valence-electron chi connectivity index (χ2n) is 5.25. The van der Waals surface area contributed by atoms with Gasteiger partial charge in [-0.3, -0.25) is 4.79 Å². The monoisotopic (exact) mass is 341 g/mol. The summed E-state index contributed by atoms with van der Waals surface area (Å²) in [6.07, 6.45) is 0.469. The van der Waals surface area contributed by atoms with Crippen molar-refractivity contribution in [3.05, 3.63) is 54.4 Å². The van der Waals surface area contributed by atoms with Gasteiger partial charge >= 0.3 is 0 Å². The van der Waals surface area contributed by atoms with Crippen LogP contribution in [0, 0.1) is 0 Å². The molecule has 1 aromatic heterocycles. The molecule has 3 aromatic rings. The minimum atomic E-state index is 0.0245. The van der Waals surface area contributed by atoms with Gasteiger partial charge < -0.3 is 15.0 Å². The fraction of sp³-hybridized carbons (Fsp3) is 0.222. The van der Waals surface area contributed by atoms with E-state index in [0.29, 0.717) is 13.0 Å². The molecule has 0 spiro atoms. The van der Waals surface area contributed by atoms with Crippen molar-refractivity contribution in [3.8, 4) is 5.75 Å². The van der Waals surface area contributed by atoms with E-state index in [9.17, 15) is 4.79 Å². The predicted molar refractivity (Wildman–Crippen MR) is 96.3 cm³/mol. The van der Waals surface area contributed by atoms with Crippen molar-refractivity contribution >= 4 is 28.7 Å². The van der Waals surface area contributed by atoms with E-state index in [1.807, 2.05) is 48.5 Å². The van der Waals surface area contributed by atoms with Gasteiger partial charge in [0.1, 0.15) is 11.6 Å². The molecule has 124 valence electrons. The van der Waals surface area contributed by atoms with Gasteiger partial charge in [0.2, 0.25) is 5.91 Å². The molecular weight excluding hydrogens is 322 g/mol. The Bertz CT molecular complexity index is 782. The molecule has 1 amide bonds. The Morgan fingerprint density at radius 3 is 2.75 bits per heavy atom. The van der Waals surface area contributed by atoms with Crippen molar-refractivity contribution < 1.29 is 9.53 Å². The summed E-state index contributed by atoms with van der Waals surface area (Å²) in [6, 6.07) is 15.7. The maximum absolute atomic E-state index is 11.9. The number of para-hydroxylation sites is 2. The van der Waals surface area contributed by atoms with Gasteiger partial charge in [-0.25, -0.2) is 4.98 Å². The zero-order chi connectivity index (χ0) is 16.8. The Balaban J connectivity index is 1.42. The molecule has 6 heteroatoms. The number of amides is 1. The summed E-state index contributed by atoms with van der Waals surface area (Å²) in [6.45, 7) is 0.417. The van der Waals surface area contributed by atoms with E-state index in [-0.39, 0.29) is 5.91 Å². The Morgan fingerprint density at radius 1 is 1.21 bits per heavy atom. The first-order valence-electron chi connectivity index (χ1n) is 7.72. The van der Waals surface area contributed by atoms with E-state index in [4.69, 9.17) is 4.74 Å². The molecule has 0 aliphatic rings. The zero-order valence-corrected chi connectivity index (χ0v) is 14.2. The summed E-state index contributed by atoms with van der Waals surface area (Å²) in [4.78, 5) is 20.7. The summed E-state index contributed by atoms with van der Waals surface area (Å²) in [5, 5.41) is 2.90. The molecule has 0 atom stereocenters. The SMILES string of the molecule is COc1ccc(SCCC(=O)NCc2nc3ccccc3[nH]2)cc1. The van der Waals surface area contributed by atoms with Crippen LogP contribution in [-0.4, -0.2) is 28.7 Å². The highest BCUT2D eigenvalue weighted by molar-refractivity contribution is 7.99. The topological polar surface area (TPSA) is 67.0 Å². The molecule has 0 bridgehead atoms. The molecule has 3 rings (SSSR count). The number of aromatic nitrogens is 2. The van der Waals surface area contributed by atoms with Crippen LogP contribution in [0.3, 0.4) is 0 Å². The number of benzene rings is 2. The summed E-state index contributed by atoms with van der Waals surface area (Å²) in [5.74, 6) is 2.37. The molecule has 0 saturated heterocycles. The molecule has 1 heterocycles. The second-order valence-corrected chi connectivity index (χ2v) is 6.42. The van der Waals surface area contributed by atoms with Gasteiger partial charge in [-0.1, -0.05) is 12.1 Å². The minimum Gasteiger partial charge on any atom is -0.497 e. The summed E-state index contributed by atoms with van der Waals surface area (Å²) < 4.78 is 5.13. The highest BCUT2D eigenvalue weighted by Gasteiger charge is 2.05. The lowest BCUT2D eigenvalue weighted by Crippen LogP contribution is -2.23. The molecule has 0 radical (unpaired) electrons. The zero-order valence-electron chi connectivity index (χ0n) is 13.4. The first-order chi connectivity index (χ1) is 11.7. The van der Waals surface area contributed by atoms with Gasteiger partial charge in [0, 0.05) is 17.1 Å². The normalized spacial score (nSPS) is 10.7. The van der Waals surface area contributed by atoms with Crippen molar-refractivity contribution in [2.75, 3.05) is 12.9 Å². The first kappa shape index (κ1) is 16.4. The maximum Gasteiger partial charge on any atom is 0.221 e. The summed E-state index contributed by atoms with van der Waals surface area (Å²) in [7, 11) is 1.65. The van der Waals surface area contributed by atoms with Crippen molar-refractivity contribution in [2.45, 2.75) is 17.9 Å². The van der Waals surface area contributed by atoms with Gasteiger partial charge in [0.15, 0.2) is 0 Å². The highest BCUT2D eigenvalue weighted by atomic mass is 32.2. The lowest BCUT2D eigenvalue weighted by molar-refractivity contribution is -0.120. The van der Waals surface area contributed by atoms with Crippen molar-refractivity contribution in [1.82, 2.24) is 15.3 Å². The van der Waals surface area contributed by atoms with Gasteiger partial charge in [-0.15, -0.1) is 11.8 Å². The lowest BCUT2D eigenvalue weighted by Gasteiger charge is -2.04. The number of aromatic amines is 1. The Labute approximate surface area is 144 Å². The number of thioether (sulfide) groups is 1. The average molecular weight is 341 g/mol. The largest absolute Gasteiger partial charge is 0.497 e. The van der Waals surface area contributed by atoms with Crippen LogP contribution in [0.1, 0.15) is 12.2 Å². The van der Waals surface area contributed by atoms with Crippen LogP contribution in [0.4, 0.5) is 0 Å². The van der Waals surface area contributed by atoms with Crippen molar-refractivity contribution in [2.24, 2.45) is 0 Å². The van der Waals surface area contributed by atoms with Crippen LogP contribution in [0.5, 0.6) is 5.75 Å². The molecule has 0 fully saturated rings. The van der Waals surface area contributed by atoms with E-state index in [0.717, 1.165) is 33.3 Å². The van der Waals surface area contributed by atoms with Gasteiger partial charge in [-0.05, 0) is 36.4 Å². The second kappa shape index (κ2) is 7.88. The van der Waals surface area contributed by atoms with Crippen molar-refractivity contribution in [1.29, 1.82) is 0 Å². The van der Waals surface area contributed by atoms with Gasteiger partial charge in [0.25, 0.3) is 0 Å². The number of rotatable bonds is 7. The molecule has 2 N–H and O–H groups in total. The number of ether oxygens (including phenoxy) is 1. The Kier molecular flexibility index (Phi) is 5.38. The predicted octanol–water partition coefficient (Wildman–Crippen LogP) is 3.37. The Morgan fingerprint density at radius 2 is 2.00 bits per heavy atom. The Hall–Kier alpha value is -2.47. The molecule has 0 saturated carbocycles. The third kappa shape index (κ3) is 4.29. The molecule has 0 aliphatic carbocycles. The highest BCUT2D eigenvalue weighted by Crippen LogP contribution is 2.21. The maximum atomic E-state index is 11.9. The number of carbonyl (C=O) groups excluding carboxylic acids is 1. The number of hydrogen-bond donors (Lipinski definition) is 2. The average Bonchev–Trinajstić information content (AvgIpc) is 3.03. The van der Waals surface area contributed by atoms with Crippen LogP contribution in [0.15, 0.2) is 53.4 Å². The van der Waals surface area contributed by atoms with Gasteiger partial charge in [-0.2, -0.15) is 0 Å². The van der Waals surface area contributed by atoms with E-state index in [2.05, 4.69) is 15.3 Å². The number of H-pyrrole nitrogens is 1. The van der Waals surface area contributed by atoms with E-state index < -0.39 is 0 Å². The number of hydrogen-bond acceptors (Lipinski definition) is 4. The first-order valence-corrected chi connectivity index (χ1v) is 8.70. The molecular formula is C18H19N3O2S. The van der Waals surface area contributed by atoms with Crippen LogP contribution < -0.4 is 10.1 Å². The van der Waals surface area contributed by atoms with Crippen molar-refractivity contribution in [3.63, 3.8) is 0 Å². The lowest BCUT2D eigenvalue weighted by atomic mass is 10.3. The minimum absolute atomic E-state index is 0.0245. The standard InChI is InChI=1S/C18H19N3O2S/c1-23-13-6-8-14(9-7-13)24-11-10-18(22)19-12-17-20-15-4-2-3-5-16(15)21-17/h2-9H,10-12H2,1H3,(H,19,22)(H,20,21). The summed E-state index contributed by atoms with van der Waals surface area (Å²) >= 11 is 1.65. The van der Waals surface area contributed by atoms with Gasteiger partial charge in [0.05, 0.1) is 24.7 Å². The number of fused-ring (bicyclic) bond motifs is 1. The van der Waals surface area contributed by atoms with Crippen LogP contribution in [0.2, 0.25) is 0 Å². The third-order valence-electron chi connectivity index (χ3n) is 3.55.